The third kappa shape index (κ3) is 3.42. The quantitative estimate of drug-likeness (QED) is 0.905. The van der Waals surface area contributed by atoms with Crippen molar-refractivity contribution in [3.63, 3.8) is 0 Å². The van der Waals surface area contributed by atoms with Crippen LogP contribution in [0.25, 0.3) is 0 Å². The summed E-state index contributed by atoms with van der Waals surface area (Å²) in [5.41, 5.74) is 1.25. The molecule has 1 heterocycles. The molecule has 0 aliphatic carbocycles. The Morgan fingerprint density at radius 2 is 2.11 bits per heavy atom. The Balaban J connectivity index is 2.26. The number of benzene rings is 1. The number of nitrogens with one attached hydrogen (secondary N) is 2. The maximum absolute atomic E-state index is 9.10. The topological polar surface area (TPSA) is 73.6 Å². The van der Waals surface area contributed by atoms with Crippen LogP contribution in [-0.2, 0) is 0 Å². The van der Waals surface area contributed by atoms with E-state index < -0.39 is 0 Å². The highest BCUT2D eigenvalue weighted by Crippen LogP contribution is 2.23. The molecule has 0 bridgehead atoms. The summed E-state index contributed by atoms with van der Waals surface area (Å²) >= 11 is 3.34. The normalized spacial score (nSPS) is 9.74. The zero-order chi connectivity index (χ0) is 13.7. The highest BCUT2D eigenvalue weighted by atomic mass is 79.9. The first-order valence-electron chi connectivity index (χ1n) is 5.75. The Labute approximate surface area is 119 Å². The minimum atomic E-state index is 0.546. The van der Waals surface area contributed by atoms with Gasteiger partial charge in [-0.15, -0.1) is 0 Å². The first-order valence-corrected chi connectivity index (χ1v) is 6.55. The molecular weight excluding hydrogens is 306 g/mol. The molecule has 0 fully saturated rings. The number of nitriles is 1. The number of hydrogen-bond donors (Lipinski definition) is 2. The van der Waals surface area contributed by atoms with Crippen LogP contribution in [0.2, 0.25) is 0 Å². The van der Waals surface area contributed by atoms with Gasteiger partial charge in [0.1, 0.15) is 11.9 Å². The van der Waals surface area contributed by atoms with Crippen LogP contribution in [0, 0.1) is 11.3 Å². The van der Waals surface area contributed by atoms with E-state index in [0.29, 0.717) is 22.9 Å². The Bertz CT molecular complexity index is 621. The SMILES string of the molecule is CCNc1cncc(Nc2ccc(Br)cc2C#N)n1. The van der Waals surface area contributed by atoms with E-state index in [1.54, 1.807) is 18.5 Å². The minimum Gasteiger partial charge on any atom is -0.369 e. The summed E-state index contributed by atoms with van der Waals surface area (Å²) < 4.78 is 0.863. The van der Waals surface area contributed by atoms with Crippen molar-refractivity contribution in [3.8, 4) is 6.07 Å². The van der Waals surface area contributed by atoms with Crippen molar-refractivity contribution in [2.75, 3.05) is 17.2 Å². The molecule has 0 aliphatic rings. The van der Waals surface area contributed by atoms with Crippen LogP contribution < -0.4 is 10.6 Å². The summed E-state index contributed by atoms with van der Waals surface area (Å²) in [6.45, 7) is 2.77. The molecule has 96 valence electrons. The lowest BCUT2D eigenvalue weighted by molar-refractivity contribution is 1.12. The van der Waals surface area contributed by atoms with Crippen LogP contribution in [0.3, 0.4) is 0 Å². The van der Waals surface area contributed by atoms with Gasteiger partial charge in [-0.3, -0.25) is 4.98 Å². The number of anilines is 3. The molecule has 0 saturated heterocycles. The highest BCUT2D eigenvalue weighted by molar-refractivity contribution is 9.10. The summed E-state index contributed by atoms with van der Waals surface area (Å²) in [5, 5.41) is 15.3. The lowest BCUT2D eigenvalue weighted by atomic mass is 10.2. The van der Waals surface area contributed by atoms with Gasteiger partial charge in [0, 0.05) is 11.0 Å². The van der Waals surface area contributed by atoms with Crippen LogP contribution in [0.4, 0.5) is 17.3 Å². The van der Waals surface area contributed by atoms with E-state index in [1.165, 1.54) is 0 Å². The number of hydrogen-bond acceptors (Lipinski definition) is 5. The van der Waals surface area contributed by atoms with Gasteiger partial charge in [-0.05, 0) is 25.1 Å². The monoisotopic (exact) mass is 317 g/mol. The van der Waals surface area contributed by atoms with E-state index in [2.05, 4.69) is 42.6 Å². The third-order valence-corrected chi connectivity index (χ3v) is 2.85. The summed E-state index contributed by atoms with van der Waals surface area (Å²) in [4.78, 5) is 8.44. The van der Waals surface area contributed by atoms with Crippen molar-refractivity contribution in [1.82, 2.24) is 9.97 Å². The predicted molar refractivity (Wildman–Crippen MR) is 78.3 cm³/mol. The smallest absolute Gasteiger partial charge is 0.151 e. The van der Waals surface area contributed by atoms with Crippen LogP contribution in [0.1, 0.15) is 12.5 Å². The molecule has 2 N–H and O–H groups in total. The van der Waals surface area contributed by atoms with E-state index >= 15 is 0 Å². The minimum absolute atomic E-state index is 0.546. The Morgan fingerprint density at radius 3 is 2.84 bits per heavy atom. The highest BCUT2D eigenvalue weighted by Gasteiger charge is 2.04. The van der Waals surface area contributed by atoms with Gasteiger partial charge in [-0.1, -0.05) is 15.9 Å². The van der Waals surface area contributed by atoms with Crippen LogP contribution in [0.15, 0.2) is 35.1 Å². The standard InChI is InChI=1S/C13H12BrN5/c1-2-17-12-7-16-8-13(19-12)18-11-4-3-10(14)5-9(11)6-15/h3-5,7-8H,2H2,1H3,(H2,17,18,19). The number of nitrogens with zero attached hydrogens (tertiary/aromatic N) is 3. The molecule has 2 rings (SSSR count). The summed E-state index contributed by atoms with van der Waals surface area (Å²) in [6, 6.07) is 7.58. The Morgan fingerprint density at radius 1 is 1.32 bits per heavy atom. The van der Waals surface area contributed by atoms with E-state index in [0.717, 1.165) is 11.0 Å². The van der Waals surface area contributed by atoms with Gasteiger partial charge < -0.3 is 10.6 Å². The van der Waals surface area contributed by atoms with Crippen LogP contribution >= 0.6 is 15.9 Å². The molecule has 0 radical (unpaired) electrons. The second-order valence-electron chi connectivity index (χ2n) is 3.75. The average molecular weight is 318 g/mol. The van der Waals surface area contributed by atoms with E-state index in [1.807, 2.05) is 19.1 Å². The van der Waals surface area contributed by atoms with Crippen molar-refractivity contribution in [2.45, 2.75) is 6.92 Å². The van der Waals surface area contributed by atoms with Crippen LogP contribution in [-0.4, -0.2) is 16.5 Å². The fourth-order valence-corrected chi connectivity index (χ4v) is 1.91. The van der Waals surface area contributed by atoms with Gasteiger partial charge in [0.15, 0.2) is 5.82 Å². The van der Waals surface area contributed by atoms with Gasteiger partial charge in [0.05, 0.1) is 23.6 Å². The molecule has 0 spiro atoms. The molecule has 19 heavy (non-hydrogen) atoms. The fraction of sp³-hybridized carbons (Fsp3) is 0.154. The Kier molecular flexibility index (Phi) is 4.31. The average Bonchev–Trinajstić information content (AvgIpc) is 2.41. The first-order chi connectivity index (χ1) is 9.22. The molecule has 1 aromatic carbocycles. The van der Waals surface area contributed by atoms with Gasteiger partial charge in [0.2, 0.25) is 0 Å². The van der Waals surface area contributed by atoms with Gasteiger partial charge >= 0.3 is 0 Å². The largest absolute Gasteiger partial charge is 0.369 e. The molecule has 5 nitrogen and oxygen atoms in total. The summed E-state index contributed by atoms with van der Waals surface area (Å²) in [5.74, 6) is 1.29. The molecule has 0 unspecified atom stereocenters. The molecule has 0 aliphatic heterocycles. The van der Waals surface area contributed by atoms with Crippen molar-refractivity contribution >= 4 is 33.3 Å². The Hall–Kier alpha value is -2.13. The maximum atomic E-state index is 9.10. The molecule has 6 heteroatoms. The first kappa shape index (κ1) is 13.3. The fourth-order valence-electron chi connectivity index (χ4n) is 1.55. The summed E-state index contributed by atoms with van der Waals surface area (Å²) in [7, 11) is 0. The zero-order valence-electron chi connectivity index (χ0n) is 10.3. The number of halogens is 1. The molecular formula is C13H12BrN5. The molecule has 1 aromatic heterocycles. The van der Waals surface area contributed by atoms with E-state index in [4.69, 9.17) is 5.26 Å². The maximum Gasteiger partial charge on any atom is 0.151 e. The lowest BCUT2D eigenvalue weighted by Gasteiger charge is -2.09. The van der Waals surface area contributed by atoms with Crippen molar-refractivity contribution in [2.24, 2.45) is 0 Å². The zero-order valence-corrected chi connectivity index (χ0v) is 11.9. The lowest BCUT2D eigenvalue weighted by Crippen LogP contribution is -2.03. The van der Waals surface area contributed by atoms with E-state index in [-0.39, 0.29) is 0 Å². The van der Waals surface area contributed by atoms with Crippen molar-refractivity contribution < 1.29 is 0 Å². The molecule has 0 amide bonds. The number of aromatic nitrogens is 2. The predicted octanol–water partition coefficient (Wildman–Crippen LogP) is 3.29. The second kappa shape index (κ2) is 6.16. The second-order valence-corrected chi connectivity index (χ2v) is 4.66. The van der Waals surface area contributed by atoms with Gasteiger partial charge in [-0.2, -0.15) is 5.26 Å². The van der Waals surface area contributed by atoms with Gasteiger partial charge in [0.25, 0.3) is 0 Å². The van der Waals surface area contributed by atoms with Crippen molar-refractivity contribution in [1.29, 1.82) is 5.26 Å². The molecule has 0 saturated carbocycles. The van der Waals surface area contributed by atoms with Crippen LogP contribution in [0.5, 0.6) is 0 Å². The molecule has 2 aromatic rings. The third-order valence-electron chi connectivity index (χ3n) is 2.36. The summed E-state index contributed by atoms with van der Waals surface area (Å²) in [6.07, 6.45) is 3.27. The van der Waals surface area contributed by atoms with Gasteiger partial charge in [-0.25, -0.2) is 4.98 Å². The number of rotatable bonds is 4. The van der Waals surface area contributed by atoms with E-state index in [9.17, 15) is 0 Å². The molecule has 0 atom stereocenters. The van der Waals surface area contributed by atoms with Crippen molar-refractivity contribution in [3.05, 3.63) is 40.6 Å².